The predicted octanol–water partition coefficient (Wildman–Crippen LogP) is 6.28. The van der Waals surface area contributed by atoms with Crippen molar-refractivity contribution in [2.45, 2.75) is 21.4 Å². The molecule has 166 valence electrons. The molecule has 0 saturated heterocycles. The quantitative estimate of drug-likeness (QED) is 0.170. The lowest BCUT2D eigenvalue weighted by Gasteiger charge is -2.04. The second kappa shape index (κ2) is 11.8. The first-order valence-electron chi connectivity index (χ1n) is 10.3. The molecule has 0 radical (unpaired) electrons. The van der Waals surface area contributed by atoms with Gasteiger partial charge in [-0.25, -0.2) is 5.43 Å². The van der Waals surface area contributed by atoms with Crippen molar-refractivity contribution in [3.05, 3.63) is 89.5 Å². The van der Waals surface area contributed by atoms with Crippen molar-refractivity contribution >= 4 is 63.8 Å². The summed E-state index contributed by atoms with van der Waals surface area (Å²) < 4.78 is 1.67. The molecule has 1 amide bonds. The van der Waals surface area contributed by atoms with E-state index in [1.54, 1.807) is 18.0 Å². The van der Waals surface area contributed by atoms with Gasteiger partial charge in [-0.3, -0.25) is 4.79 Å². The predicted molar refractivity (Wildman–Crippen MR) is 141 cm³/mol. The zero-order chi connectivity index (χ0) is 22.9. The lowest BCUT2D eigenvalue weighted by molar-refractivity contribution is -0.118. The summed E-state index contributed by atoms with van der Waals surface area (Å²) in [5.41, 5.74) is 5.88. The van der Waals surface area contributed by atoms with Gasteiger partial charge >= 0.3 is 0 Å². The average Bonchev–Trinajstić information content (AvgIpc) is 3.30. The van der Waals surface area contributed by atoms with Crippen LogP contribution in [0.4, 0.5) is 0 Å². The summed E-state index contributed by atoms with van der Waals surface area (Å²) in [7, 11) is 0. The molecule has 1 N–H and O–H groups in total. The van der Waals surface area contributed by atoms with Crippen LogP contribution in [-0.4, -0.2) is 28.1 Å². The van der Waals surface area contributed by atoms with Crippen LogP contribution in [0.2, 0.25) is 0 Å². The van der Waals surface area contributed by atoms with E-state index in [9.17, 15) is 4.79 Å². The number of hydrogen-bond donors (Lipinski definition) is 1. The van der Waals surface area contributed by atoms with Crippen molar-refractivity contribution in [3.8, 4) is 0 Å². The second-order valence-electron chi connectivity index (χ2n) is 7.14. The SMILES string of the molecule is CC(/C=N/NC(=O)CSc1nnc(SCc2cccc3ccccc23)s1)=C\c1ccccc1. The van der Waals surface area contributed by atoms with E-state index < -0.39 is 0 Å². The molecular weight excluding hydrogens is 469 g/mol. The van der Waals surface area contributed by atoms with Crippen molar-refractivity contribution in [2.75, 3.05) is 5.75 Å². The van der Waals surface area contributed by atoms with Crippen molar-refractivity contribution < 1.29 is 4.79 Å². The van der Waals surface area contributed by atoms with Crippen molar-refractivity contribution in [3.63, 3.8) is 0 Å². The van der Waals surface area contributed by atoms with E-state index in [-0.39, 0.29) is 11.7 Å². The fourth-order valence-corrected chi connectivity index (χ4v) is 5.90. The van der Waals surface area contributed by atoms with E-state index in [2.05, 4.69) is 63.2 Å². The molecule has 1 heterocycles. The lowest BCUT2D eigenvalue weighted by atomic mass is 10.1. The fraction of sp³-hybridized carbons (Fsp3) is 0.120. The maximum absolute atomic E-state index is 12.1. The van der Waals surface area contributed by atoms with Crippen LogP contribution in [-0.2, 0) is 10.5 Å². The number of rotatable bonds is 9. The molecule has 0 unspecified atom stereocenters. The highest BCUT2D eigenvalue weighted by Crippen LogP contribution is 2.32. The number of thioether (sulfide) groups is 2. The number of nitrogens with zero attached hydrogens (tertiary/aromatic N) is 3. The molecule has 8 heteroatoms. The third-order valence-electron chi connectivity index (χ3n) is 4.60. The summed E-state index contributed by atoms with van der Waals surface area (Å²) >= 11 is 4.53. The van der Waals surface area contributed by atoms with Crippen LogP contribution in [0, 0.1) is 0 Å². The summed E-state index contributed by atoms with van der Waals surface area (Å²) in [6, 6.07) is 24.7. The molecule has 0 aliphatic heterocycles. The van der Waals surface area contributed by atoms with Gasteiger partial charge in [0.1, 0.15) is 0 Å². The Morgan fingerprint density at radius 1 is 0.970 bits per heavy atom. The largest absolute Gasteiger partial charge is 0.272 e. The molecule has 4 aromatic rings. The summed E-state index contributed by atoms with van der Waals surface area (Å²) in [6.07, 6.45) is 3.64. The summed E-state index contributed by atoms with van der Waals surface area (Å²) in [6.45, 7) is 1.94. The van der Waals surface area contributed by atoms with Crippen LogP contribution in [0.3, 0.4) is 0 Å². The smallest absolute Gasteiger partial charge is 0.250 e. The van der Waals surface area contributed by atoms with Crippen molar-refractivity contribution in [1.82, 2.24) is 15.6 Å². The molecule has 5 nitrogen and oxygen atoms in total. The van der Waals surface area contributed by atoms with Crippen LogP contribution < -0.4 is 5.43 Å². The topological polar surface area (TPSA) is 67.2 Å². The Hall–Kier alpha value is -2.94. The molecule has 0 aliphatic rings. The molecule has 1 aromatic heterocycles. The number of carbonyl (C=O) groups excluding carboxylic acids is 1. The number of benzene rings is 3. The molecule has 0 saturated carbocycles. The van der Waals surface area contributed by atoms with Crippen LogP contribution in [0.5, 0.6) is 0 Å². The molecule has 0 bridgehead atoms. The van der Waals surface area contributed by atoms with Crippen LogP contribution in [0.15, 0.2) is 92.2 Å². The minimum absolute atomic E-state index is 0.177. The summed E-state index contributed by atoms with van der Waals surface area (Å²) in [5.74, 6) is 0.886. The van der Waals surface area contributed by atoms with Gasteiger partial charge in [0.2, 0.25) is 0 Å². The fourth-order valence-electron chi connectivity index (χ4n) is 3.09. The molecule has 33 heavy (non-hydrogen) atoms. The van der Waals surface area contributed by atoms with E-state index in [0.29, 0.717) is 0 Å². The van der Waals surface area contributed by atoms with Gasteiger partial charge in [0.05, 0.1) is 12.0 Å². The molecular formula is C25H22N4OS3. The number of fused-ring (bicyclic) bond motifs is 1. The molecule has 4 rings (SSSR count). The highest BCUT2D eigenvalue weighted by molar-refractivity contribution is 8.03. The Kier molecular flexibility index (Phi) is 8.30. The minimum atomic E-state index is -0.177. The molecule has 0 fully saturated rings. The molecule has 3 aromatic carbocycles. The summed E-state index contributed by atoms with van der Waals surface area (Å²) in [5, 5.41) is 15.0. The monoisotopic (exact) mass is 490 g/mol. The Morgan fingerprint density at radius 3 is 2.55 bits per heavy atom. The minimum Gasteiger partial charge on any atom is -0.272 e. The Balaban J connectivity index is 1.23. The first-order chi connectivity index (χ1) is 16.2. The maximum Gasteiger partial charge on any atom is 0.250 e. The first-order valence-corrected chi connectivity index (χ1v) is 13.1. The second-order valence-corrected chi connectivity index (χ2v) is 10.6. The van der Waals surface area contributed by atoms with Gasteiger partial charge in [0.25, 0.3) is 5.91 Å². The van der Waals surface area contributed by atoms with Gasteiger partial charge in [0.15, 0.2) is 8.68 Å². The third kappa shape index (κ3) is 7.02. The number of nitrogens with one attached hydrogen (secondary N) is 1. The average molecular weight is 491 g/mol. The molecule has 0 aliphatic carbocycles. The normalized spacial score (nSPS) is 11.8. The highest BCUT2D eigenvalue weighted by Gasteiger charge is 2.09. The van der Waals surface area contributed by atoms with Crippen LogP contribution >= 0.6 is 34.9 Å². The number of carbonyl (C=O) groups is 1. The van der Waals surface area contributed by atoms with E-state index in [1.165, 1.54) is 39.4 Å². The first kappa shape index (κ1) is 23.2. The zero-order valence-electron chi connectivity index (χ0n) is 18.0. The van der Waals surface area contributed by atoms with E-state index in [4.69, 9.17) is 0 Å². The van der Waals surface area contributed by atoms with E-state index in [0.717, 1.165) is 25.6 Å². The lowest BCUT2D eigenvalue weighted by Crippen LogP contribution is -2.19. The van der Waals surface area contributed by atoms with Crippen LogP contribution in [0.1, 0.15) is 18.1 Å². The number of hydrazone groups is 1. The molecule has 0 atom stereocenters. The van der Waals surface area contributed by atoms with Gasteiger partial charge in [-0.05, 0) is 34.4 Å². The Morgan fingerprint density at radius 2 is 1.70 bits per heavy atom. The molecule has 0 spiro atoms. The van der Waals surface area contributed by atoms with Crippen molar-refractivity contribution in [1.29, 1.82) is 0 Å². The standard InChI is InChI=1S/C25H22N4OS3/c1-18(14-19-8-3-2-4-9-19)15-26-27-23(30)17-32-25-29-28-24(33-25)31-16-21-12-7-11-20-10-5-6-13-22(20)21/h2-15H,16-17H2,1H3,(H,27,30)/b18-14+,26-15+. The van der Waals surface area contributed by atoms with Crippen LogP contribution in [0.25, 0.3) is 16.8 Å². The number of hydrogen-bond acceptors (Lipinski definition) is 7. The number of amides is 1. The summed E-state index contributed by atoms with van der Waals surface area (Å²) in [4.78, 5) is 12.1. The Labute approximate surface area is 205 Å². The van der Waals surface area contributed by atoms with Gasteiger partial charge in [-0.2, -0.15) is 5.10 Å². The van der Waals surface area contributed by atoms with Crippen molar-refractivity contribution in [2.24, 2.45) is 5.10 Å². The maximum atomic E-state index is 12.1. The van der Waals surface area contributed by atoms with E-state index in [1.807, 2.05) is 43.3 Å². The van der Waals surface area contributed by atoms with E-state index >= 15 is 0 Å². The zero-order valence-corrected chi connectivity index (χ0v) is 20.4. The van der Waals surface area contributed by atoms with Gasteiger partial charge in [0, 0.05) is 5.75 Å². The van der Waals surface area contributed by atoms with Gasteiger partial charge < -0.3 is 0 Å². The third-order valence-corrected chi connectivity index (χ3v) is 7.84. The van der Waals surface area contributed by atoms with Gasteiger partial charge in [-0.15, -0.1) is 10.2 Å². The Bertz CT molecular complexity index is 1280. The highest BCUT2D eigenvalue weighted by atomic mass is 32.2. The number of aromatic nitrogens is 2. The van der Waals surface area contributed by atoms with Gasteiger partial charge in [-0.1, -0.05) is 114 Å². The number of allylic oxidation sites excluding steroid dienone is 1.